The van der Waals surface area contributed by atoms with Crippen molar-refractivity contribution >= 4 is 11.7 Å². The highest BCUT2D eigenvalue weighted by molar-refractivity contribution is 5.99. The van der Waals surface area contributed by atoms with Crippen LogP contribution in [0.2, 0.25) is 0 Å². The van der Waals surface area contributed by atoms with Gasteiger partial charge in [-0.2, -0.15) is 5.10 Å². The molecule has 38 heavy (non-hydrogen) atoms. The number of rotatable bonds is 4. The van der Waals surface area contributed by atoms with Crippen molar-refractivity contribution in [3.05, 3.63) is 29.1 Å². The molecule has 1 amide bonds. The molecule has 0 radical (unpaired) electrons. The maximum Gasteiger partial charge on any atom is 0.282 e. The van der Waals surface area contributed by atoms with Gasteiger partial charge in [-0.15, -0.1) is 0 Å². The third-order valence-electron chi connectivity index (χ3n) is 11.6. The van der Waals surface area contributed by atoms with E-state index in [4.69, 9.17) is 0 Å². The lowest BCUT2D eigenvalue weighted by molar-refractivity contribution is -0.121. The van der Waals surface area contributed by atoms with E-state index in [0.717, 1.165) is 42.6 Å². The monoisotopic (exact) mass is 527 g/mol. The highest BCUT2D eigenvalue weighted by Gasteiger charge is 2.68. The maximum absolute atomic E-state index is 13.8. The van der Waals surface area contributed by atoms with Crippen LogP contribution in [0.1, 0.15) is 76.1 Å². The zero-order valence-corrected chi connectivity index (χ0v) is 22.6. The van der Waals surface area contributed by atoms with Gasteiger partial charge in [-0.1, -0.05) is 19.4 Å². The summed E-state index contributed by atoms with van der Waals surface area (Å²) in [5.41, 5.74) is 2.03. The lowest BCUT2D eigenvalue weighted by Crippen LogP contribution is -2.58. The first-order valence-electron chi connectivity index (χ1n) is 14.6. The lowest BCUT2D eigenvalue weighted by Gasteiger charge is -2.57. The molecule has 1 N–H and O–H groups in total. The van der Waals surface area contributed by atoms with Crippen LogP contribution in [0, 0.1) is 46.8 Å². The number of nitrogens with zero attached hydrogens (tertiary/aromatic N) is 3. The maximum atomic E-state index is 13.8. The van der Waals surface area contributed by atoms with Crippen molar-refractivity contribution in [1.82, 2.24) is 14.7 Å². The normalized spacial score (nSPS) is 44.5. The summed E-state index contributed by atoms with van der Waals surface area (Å²) in [5, 5.41) is 14.9. The predicted octanol–water partition coefficient (Wildman–Crippen LogP) is 4.73. The molecule has 1 saturated heterocycles. The SMILES string of the molecule is C[C@@H]1C2=C(C(=O)Cn3cc(C(=O)N4CC(F)(F)C4)cn3)[C@@]3(C)CC[C@H]4[C@@H](CC[C@@H]5C[C@](C)(O)CC[C@@H]54)[C@@H]3[C@@H]21. The van der Waals surface area contributed by atoms with Crippen molar-refractivity contribution in [3.8, 4) is 0 Å². The van der Waals surface area contributed by atoms with Crippen molar-refractivity contribution in [2.24, 2.45) is 46.8 Å². The van der Waals surface area contributed by atoms with Gasteiger partial charge in [-0.3, -0.25) is 14.3 Å². The van der Waals surface area contributed by atoms with Gasteiger partial charge in [0, 0.05) is 11.8 Å². The Morgan fingerprint density at radius 3 is 2.55 bits per heavy atom. The Kier molecular flexibility index (Phi) is 5.23. The first-order valence-corrected chi connectivity index (χ1v) is 14.6. The summed E-state index contributed by atoms with van der Waals surface area (Å²) in [6.45, 7) is 5.56. The minimum atomic E-state index is -2.81. The molecular weight excluding hydrogens is 488 g/mol. The van der Waals surface area contributed by atoms with Gasteiger partial charge in [0.05, 0.1) is 30.5 Å². The zero-order valence-electron chi connectivity index (χ0n) is 22.6. The molecule has 5 aliphatic carbocycles. The van der Waals surface area contributed by atoms with E-state index in [9.17, 15) is 23.5 Å². The number of Topliss-reactive ketones (excluding diaryl/α,β-unsaturated/α-hetero) is 1. The number of aromatic nitrogens is 2. The quantitative estimate of drug-likeness (QED) is 0.615. The molecular formula is C30H39F2N3O3. The Morgan fingerprint density at radius 2 is 1.82 bits per heavy atom. The van der Waals surface area contributed by atoms with E-state index in [2.05, 4.69) is 18.9 Å². The molecule has 1 aliphatic heterocycles. The summed E-state index contributed by atoms with van der Waals surface area (Å²) < 4.78 is 27.9. The van der Waals surface area contributed by atoms with E-state index in [1.807, 2.05) is 6.92 Å². The number of hydrogen-bond acceptors (Lipinski definition) is 4. The average Bonchev–Trinajstić information content (AvgIpc) is 3.16. The van der Waals surface area contributed by atoms with Crippen LogP contribution in [0.25, 0.3) is 0 Å². The second-order valence-corrected chi connectivity index (χ2v) is 14.1. The van der Waals surface area contributed by atoms with Crippen molar-refractivity contribution in [3.63, 3.8) is 0 Å². The summed E-state index contributed by atoms with van der Waals surface area (Å²) in [6, 6.07) is 0. The average molecular weight is 528 g/mol. The molecule has 0 unspecified atom stereocenters. The molecule has 8 heteroatoms. The van der Waals surface area contributed by atoms with Gasteiger partial charge in [0.2, 0.25) is 0 Å². The minimum Gasteiger partial charge on any atom is -0.390 e. The Bertz CT molecular complexity index is 1230. The molecule has 6 aliphatic rings. The Hall–Kier alpha value is -2.09. The second kappa shape index (κ2) is 7.98. The van der Waals surface area contributed by atoms with Gasteiger partial charge in [0.25, 0.3) is 11.8 Å². The van der Waals surface area contributed by atoms with Crippen molar-refractivity contribution in [1.29, 1.82) is 0 Å². The van der Waals surface area contributed by atoms with Crippen molar-refractivity contribution in [2.75, 3.05) is 13.1 Å². The van der Waals surface area contributed by atoms with Crippen LogP contribution in [0.5, 0.6) is 0 Å². The zero-order chi connectivity index (χ0) is 26.8. The van der Waals surface area contributed by atoms with E-state index in [1.165, 1.54) is 35.5 Å². The molecule has 1 aromatic rings. The number of halogens is 2. The van der Waals surface area contributed by atoms with Crippen LogP contribution in [0.3, 0.4) is 0 Å². The molecule has 4 saturated carbocycles. The summed E-state index contributed by atoms with van der Waals surface area (Å²) in [6.07, 6.45) is 10.5. The molecule has 0 aromatic carbocycles. The molecule has 206 valence electrons. The van der Waals surface area contributed by atoms with Crippen LogP contribution in [-0.4, -0.2) is 56.1 Å². The number of allylic oxidation sites excluding steroid dienone is 2. The number of carbonyl (C=O) groups is 2. The van der Waals surface area contributed by atoms with Crippen molar-refractivity contribution < 1.29 is 23.5 Å². The van der Waals surface area contributed by atoms with Gasteiger partial charge in [-0.05, 0) is 98.7 Å². The van der Waals surface area contributed by atoms with Gasteiger partial charge in [0.15, 0.2) is 5.78 Å². The van der Waals surface area contributed by atoms with Gasteiger partial charge < -0.3 is 10.0 Å². The minimum absolute atomic E-state index is 0.0813. The topological polar surface area (TPSA) is 75.4 Å². The van der Waals surface area contributed by atoms with Crippen LogP contribution < -0.4 is 0 Å². The highest BCUT2D eigenvalue weighted by atomic mass is 19.3. The third-order valence-corrected chi connectivity index (χ3v) is 11.6. The number of hydrogen-bond donors (Lipinski definition) is 1. The second-order valence-electron chi connectivity index (χ2n) is 14.1. The van der Waals surface area contributed by atoms with Gasteiger partial charge in [-0.25, -0.2) is 8.78 Å². The summed E-state index contributed by atoms with van der Waals surface area (Å²) in [7, 11) is 0. The summed E-state index contributed by atoms with van der Waals surface area (Å²) in [4.78, 5) is 27.5. The predicted molar refractivity (Wildman–Crippen MR) is 136 cm³/mol. The van der Waals surface area contributed by atoms with E-state index in [-0.39, 0.29) is 23.3 Å². The molecule has 1 aromatic heterocycles. The highest BCUT2D eigenvalue weighted by Crippen LogP contribution is 2.74. The Labute approximate surface area is 222 Å². The van der Waals surface area contributed by atoms with E-state index >= 15 is 0 Å². The standard InChI is InChI=1S/C30H39F2N3O3/c1-16-23-24(16)26(22(36)13-35-12-18(11-33-35)27(37)34-14-30(31,32)15-34)29(3)9-7-20-19-6-8-28(2,38)10-17(19)4-5-21(20)25(23)29/h11-12,16-17,19-21,23,25,38H,4-10,13-15H2,1-3H3/t16-,17+,19-,20+,21+,23+,25+,28+,29-/m0/s1. The smallest absolute Gasteiger partial charge is 0.282 e. The van der Waals surface area contributed by atoms with Gasteiger partial charge in [0.1, 0.15) is 6.54 Å². The van der Waals surface area contributed by atoms with E-state index < -0.39 is 30.5 Å². The van der Waals surface area contributed by atoms with E-state index in [0.29, 0.717) is 41.4 Å². The largest absolute Gasteiger partial charge is 0.390 e. The first kappa shape index (κ1) is 24.9. The summed E-state index contributed by atoms with van der Waals surface area (Å²) in [5.74, 6) is 1.02. The number of likely N-dealkylation sites (tertiary alicyclic amines) is 1. The number of fused-ring (bicyclic) bond motifs is 7. The number of aliphatic hydroxyl groups is 1. The van der Waals surface area contributed by atoms with Crippen LogP contribution >= 0.6 is 0 Å². The first-order chi connectivity index (χ1) is 17.9. The third kappa shape index (κ3) is 3.61. The van der Waals surface area contributed by atoms with Crippen LogP contribution in [0.4, 0.5) is 8.78 Å². The number of amides is 1. The van der Waals surface area contributed by atoms with Crippen molar-refractivity contribution in [2.45, 2.75) is 83.8 Å². The Balaban J connectivity index is 1.08. The molecule has 9 atom stereocenters. The molecule has 0 spiro atoms. The molecule has 0 bridgehead atoms. The fraction of sp³-hybridized carbons (Fsp3) is 0.767. The summed E-state index contributed by atoms with van der Waals surface area (Å²) >= 11 is 0. The molecule has 5 fully saturated rings. The fourth-order valence-corrected chi connectivity index (χ4v) is 10.0. The Morgan fingerprint density at radius 1 is 1.08 bits per heavy atom. The van der Waals surface area contributed by atoms with Crippen LogP contribution in [0.15, 0.2) is 23.5 Å². The molecule has 6 nitrogen and oxygen atoms in total. The number of carbonyl (C=O) groups excluding carboxylic acids is 2. The van der Waals surface area contributed by atoms with Crippen LogP contribution in [-0.2, 0) is 11.3 Å². The molecule has 7 rings (SSSR count). The number of ketones is 1. The molecule has 2 heterocycles. The number of alkyl halides is 2. The van der Waals surface area contributed by atoms with Gasteiger partial charge >= 0.3 is 0 Å². The van der Waals surface area contributed by atoms with E-state index in [1.54, 1.807) is 0 Å². The fourth-order valence-electron chi connectivity index (χ4n) is 10.0. The lowest BCUT2D eigenvalue weighted by atomic mass is 9.48.